The number of halogens is 2. The summed E-state index contributed by atoms with van der Waals surface area (Å²) < 4.78 is 5.63. The zero-order valence-electron chi connectivity index (χ0n) is 19.0. The number of aryl methyl sites for hydroxylation is 1. The van der Waals surface area contributed by atoms with Gasteiger partial charge in [-0.05, 0) is 61.5 Å². The van der Waals surface area contributed by atoms with Gasteiger partial charge in [-0.25, -0.2) is 4.79 Å². The van der Waals surface area contributed by atoms with Crippen molar-refractivity contribution in [2.45, 2.75) is 25.3 Å². The third-order valence-electron chi connectivity index (χ3n) is 7.04. The van der Waals surface area contributed by atoms with Gasteiger partial charge in [0, 0.05) is 29.6 Å². The van der Waals surface area contributed by atoms with Crippen LogP contribution in [0.15, 0.2) is 69.9 Å². The molecule has 2 atom stereocenters. The summed E-state index contributed by atoms with van der Waals surface area (Å²) in [6.07, 6.45) is 0.877. The van der Waals surface area contributed by atoms with E-state index < -0.39 is 5.63 Å². The molecule has 7 heteroatoms. The molecule has 2 unspecified atom stereocenters. The summed E-state index contributed by atoms with van der Waals surface area (Å²) in [6, 6.07) is 19.7. The van der Waals surface area contributed by atoms with Gasteiger partial charge >= 0.3 is 5.63 Å². The zero-order chi connectivity index (χ0) is 22.0. The molecule has 34 heavy (non-hydrogen) atoms. The van der Waals surface area contributed by atoms with Gasteiger partial charge < -0.3 is 14.2 Å². The van der Waals surface area contributed by atoms with Crippen molar-refractivity contribution in [2.75, 3.05) is 25.0 Å². The van der Waals surface area contributed by atoms with E-state index in [1.807, 2.05) is 47.4 Å². The van der Waals surface area contributed by atoms with Crippen molar-refractivity contribution in [3.63, 3.8) is 0 Å². The van der Waals surface area contributed by atoms with E-state index in [2.05, 4.69) is 24.9 Å². The summed E-state index contributed by atoms with van der Waals surface area (Å²) in [5, 5.41) is 2.80. The summed E-state index contributed by atoms with van der Waals surface area (Å²) in [7, 11) is 2.12. The number of anilines is 1. The highest BCUT2D eigenvalue weighted by atomic mass is 35.5. The summed E-state index contributed by atoms with van der Waals surface area (Å²) in [4.78, 5) is 31.0. The van der Waals surface area contributed by atoms with Gasteiger partial charge in [0.2, 0.25) is 0 Å². The molecule has 6 rings (SSSR count). The van der Waals surface area contributed by atoms with E-state index in [1.165, 1.54) is 11.1 Å². The first-order valence-electron chi connectivity index (χ1n) is 11.1. The number of hydrogen-bond acceptors (Lipinski definition) is 4. The van der Waals surface area contributed by atoms with Crippen LogP contribution in [0.25, 0.3) is 21.7 Å². The molecule has 5 nitrogen and oxygen atoms in total. The molecular formula is C27H26Cl2N2O3. The van der Waals surface area contributed by atoms with Crippen LogP contribution in [-0.4, -0.2) is 37.0 Å². The van der Waals surface area contributed by atoms with Crippen molar-refractivity contribution in [2.24, 2.45) is 0 Å². The Morgan fingerprint density at radius 2 is 1.79 bits per heavy atom. The Kier molecular flexibility index (Phi) is 6.47. The molecule has 2 aliphatic heterocycles. The second kappa shape index (κ2) is 9.06. The van der Waals surface area contributed by atoms with Gasteiger partial charge in [-0.3, -0.25) is 4.79 Å². The number of rotatable bonds is 1. The number of amides is 1. The minimum atomic E-state index is -0.581. The lowest BCUT2D eigenvalue weighted by molar-refractivity contribution is 0.0961. The molecule has 0 saturated carbocycles. The molecule has 3 heterocycles. The highest BCUT2D eigenvalue weighted by Crippen LogP contribution is 2.45. The number of piperidine rings is 1. The lowest BCUT2D eigenvalue weighted by Crippen LogP contribution is -2.47. The first-order valence-corrected chi connectivity index (χ1v) is 11.1. The zero-order valence-corrected chi connectivity index (χ0v) is 20.6. The van der Waals surface area contributed by atoms with Crippen LogP contribution >= 0.6 is 24.8 Å². The first-order chi connectivity index (χ1) is 15.5. The highest BCUT2D eigenvalue weighted by Gasteiger charge is 2.44. The predicted octanol–water partition coefficient (Wildman–Crippen LogP) is 5.55. The molecule has 0 radical (unpaired) electrons. The van der Waals surface area contributed by atoms with Crippen LogP contribution < -0.4 is 10.5 Å². The Hall–Kier alpha value is -2.86. The van der Waals surface area contributed by atoms with E-state index in [-0.39, 0.29) is 48.2 Å². The third kappa shape index (κ3) is 3.68. The SMILES string of the molecule is Cc1ccc2c(c1)C1CN(C)CCC1N2C(=O)c1cc2c(ccc3ccccc32)oc1=O.Cl.Cl. The van der Waals surface area contributed by atoms with Crippen molar-refractivity contribution < 1.29 is 9.21 Å². The molecule has 176 valence electrons. The Bertz CT molecular complexity index is 1470. The quantitative estimate of drug-likeness (QED) is 0.256. The molecular weight excluding hydrogens is 471 g/mol. The van der Waals surface area contributed by atoms with Crippen molar-refractivity contribution in [3.8, 4) is 0 Å². The number of fused-ring (bicyclic) bond motifs is 6. The van der Waals surface area contributed by atoms with Crippen molar-refractivity contribution in [3.05, 3.63) is 87.8 Å². The summed E-state index contributed by atoms with van der Waals surface area (Å²) >= 11 is 0. The van der Waals surface area contributed by atoms with Gasteiger partial charge in [0.15, 0.2) is 0 Å². The number of likely N-dealkylation sites (N-methyl/N-ethyl adjacent to an activating group) is 1. The number of hydrogen-bond donors (Lipinski definition) is 0. The average Bonchev–Trinajstić information content (AvgIpc) is 3.10. The monoisotopic (exact) mass is 496 g/mol. The maximum atomic E-state index is 13.9. The van der Waals surface area contributed by atoms with E-state index in [0.717, 1.165) is 41.4 Å². The second-order valence-electron chi connectivity index (χ2n) is 9.11. The van der Waals surface area contributed by atoms with Crippen LogP contribution in [0.2, 0.25) is 0 Å². The molecule has 0 N–H and O–H groups in total. The molecule has 1 saturated heterocycles. The Labute approximate surface area is 210 Å². The van der Waals surface area contributed by atoms with Gasteiger partial charge in [0.05, 0.1) is 0 Å². The smallest absolute Gasteiger partial charge is 0.349 e. The van der Waals surface area contributed by atoms with Crippen LogP contribution in [0.5, 0.6) is 0 Å². The maximum absolute atomic E-state index is 13.9. The van der Waals surface area contributed by atoms with Gasteiger partial charge in [-0.2, -0.15) is 0 Å². The molecule has 1 fully saturated rings. The van der Waals surface area contributed by atoms with Crippen molar-refractivity contribution >= 4 is 58.2 Å². The van der Waals surface area contributed by atoms with Gasteiger partial charge in [-0.15, -0.1) is 24.8 Å². The standard InChI is InChI=1S/C27H24N2O3.2ClH/c1-16-7-9-23-19(13-16)22-15-28(2)12-11-24(22)29(23)26(30)21-14-20-18-6-4-3-5-17(18)8-10-25(20)32-27(21)31;;/h3-10,13-14,22,24H,11-12,15H2,1-2H3;2*1H. The lowest BCUT2D eigenvalue weighted by Gasteiger charge is -2.36. The van der Waals surface area contributed by atoms with Crippen LogP contribution in [0.3, 0.4) is 0 Å². The van der Waals surface area contributed by atoms with Crippen LogP contribution in [0, 0.1) is 6.92 Å². The van der Waals surface area contributed by atoms with Crippen LogP contribution in [0.4, 0.5) is 5.69 Å². The number of likely N-dealkylation sites (tertiary alicyclic amines) is 1. The fourth-order valence-corrected chi connectivity index (χ4v) is 5.50. The number of carbonyl (C=O) groups is 1. The first kappa shape index (κ1) is 24.3. The highest BCUT2D eigenvalue weighted by molar-refractivity contribution is 6.12. The molecule has 3 aromatic carbocycles. The van der Waals surface area contributed by atoms with Crippen LogP contribution in [-0.2, 0) is 0 Å². The Morgan fingerprint density at radius 3 is 2.62 bits per heavy atom. The fraction of sp³-hybridized carbons (Fsp3) is 0.259. The predicted molar refractivity (Wildman–Crippen MR) is 141 cm³/mol. The van der Waals surface area contributed by atoms with Gasteiger partial charge in [0.1, 0.15) is 11.1 Å². The largest absolute Gasteiger partial charge is 0.422 e. The minimum Gasteiger partial charge on any atom is -0.422 e. The molecule has 4 aromatic rings. The fourth-order valence-electron chi connectivity index (χ4n) is 5.50. The van der Waals surface area contributed by atoms with E-state index in [4.69, 9.17) is 4.42 Å². The lowest BCUT2D eigenvalue weighted by atomic mass is 9.88. The molecule has 1 amide bonds. The van der Waals surface area contributed by atoms with Gasteiger partial charge in [0.25, 0.3) is 5.91 Å². The maximum Gasteiger partial charge on any atom is 0.349 e. The average molecular weight is 497 g/mol. The third-order valence-corrected chi connectivity index (χ3v) is 7.04. The van der Waals surface area contributed by atoms with Crippen LogP contribution in [0.1, 0.15) is 33.8 Å². The van der Waals surface area contributed by atoms with E-state index >= 15 is 0 Å². The molecule has 0 aliphatic carbocycles. The molecule has 1 aromatic heterocycles. The van der Waals surface area contributed by atoms with E-state index in [0.29, 0.717) is 5.58 Å². The van der Waals surface area contributed by atoms with E-state index in [9.17, 15) is 9.59 Å². The Morgan fingerprint density at radius 1 is 1.00 bits per heavy atom. The number of benzene rings is 3. The Balaban J connectivity index is 0.00000137. The molecule has 0 spiro atoms. The topological polar surface area (TPSA) is 53.8 Å². The molecule has 0 bridgehead atoms. The number of carbonyl (C=O) groups excluding carboxylic acids is 1. The normalized spacial score (nSPS) is 19.3. The number of nitrogens with zero attached hydrogens (tertiary/aromatic N) is 2. The van der Waals surface area contributed by atoms with Gasteiger partial charge in [-0.1, -0.05) is 48.0 Å². The summed E-state index contributed by atoms with van der Waals surface area (Å²) in [5.41, 5.74) is 3.32. The molecule has 2 aliphatic rings. The van der Waals surface area contributed by atoms with E-state index in [1.54, 1.807) is 12.1 Å². The van der Waals surface area contributed by atoms with Crippen molar-refractivity contribution in [1.29, 1.82) is 0 Å². The minimum absolute atomic E-state index is 0. The summed E-state index contributed by atoms with van der Waals surface area (Å²) in [5.74, 6) is -0.0170. The van der Waals surface area contributed by atoms with Crippen molar-refractivity contribution in [1.82, 2.24) is 4.90 Å². The second-order valence-corrected chi connectivity index (χ2v) is 9.11. The summed E-state index contributed by atoms with van der Waals surface area (Å²) in [6.45, 7) is 3.91.